The fraction of sp³-hybridized carbons (Fsp3) is 0.444. The molecule has 0 radical (unpaired) electrons. The largest absolute Gasteiger partial charge is 0.353 e. The summed E-state index contributed by atoms with van der Waals surface area (Å²) in [5.41, 5.74) is 1.96. The van der Waals surface area contributed by atoms with E-state index in [0.29, 0.717) is 12.5 Å². The molecule has 3 rings (SSSR count). The van der Waals surface area contributed by atoms with Crippen LogP contribution in [0.3, 0.4) is 0 Å². The van der Waals surface area contributed by atoms with Crippen molar-refractivity contribution in [1.82, 2.24) is 15.1 Å². The highest BCUT2D eigenvalue weighted by Gasteiger charge is 2.19. The summed E-state index contributed by atoms with van der Waals surface area (Å²) in [6.07, 6.45) is 8.76. The maximum Gasteiger partial charge on any atom is 0.224 e. The Morgan fingerprint density at radius 1 is 1.23 bits per heavy atom. The number of carbonyl (C=O) groups excluding carboxylic acids is 1. The molecule has 1 aliphatic carbocycles. The monoisotopic (exact) mass is 297 g/mol. The lowest BCUT2D eigenvalue weighted by atomic mass is 9.87. The first kappa shape index (κ1) is 14.8. The third-order valence-corrected chi connectivity index (χ3v) is 4.40. The van der Waals surface area contributed by atoms with Gasteiger partial charge in [-0.3, -0.25) is 4.79 Å². The van der Waals surface area contributed by atoms with Crippen LogP contribution in [0.4, 0.5) is 0 Å². The second kappa shape index (κ2) is 6.77. The normalized spacial score (nSPS) is 21.5. The number of hydrogen-bond acceptors (Lipinski definition) is 2. The predicted molar refractivity (Wildman–Crippen MR) is 86.8 cm³/mol. The number of rotatable bonds is 4. The Labute approximate surface area is 131 Å². The molecule has 0 unspecified atom stereocenters. The Morgan fingerprint density at radius 3 is 2.68 bits per heavy atom. The Bertz CT molecular complexity index is 612. The lowest BCUT2D eigenvalue weighted by Gasteiger charge is -2.26. The summed E-state index contributed by atoms with van der Waals surface area (Å²) >= 11 is 0. The third kappa shape index (κ3) is 3.75. The van der Waals surface area contributed by atoms with Gasteiger partial charge in [0.05, 0.1) is 18.3 Å². The lowest BCUT2D eigenvalue weighted by Crippen LogP contribution is -2.38. The number of aromatic nitrogens is 2. The van der Waals surface area contributed by atoms with E-state index in [1.807, 2.05) is 41.2 Å². The quantitative estimate of drug-likeness (QED) is 0.942. The molecule has 1 amide bonds. The zero-order valence-electron chi connectivity index (χ0n) is 13.0. The van der Waals surface area contributed by atoms with Crippen molar-refractivity contribution in [3.8, 4) is 5.69 Å². The van der Waals surface area contributed by atoms with Gasteiger partial charge in [0.25, 0.3) is 0 Å². The summed E-state index contributed by atoms with van der Waals surface area (Å²) in [6.45, 7) is 2.29. The van der Waals surface area contributed by atoms with Crippen LogP contribution in [0.15, 0.2) is 42.7 Å². The molecular formula is C18H23N3O. The van der Waals surface area contributed by atoms with Gasteiger partial charge >= 0.3 is 0 Å². The van der Waals surface area contributed by atoms with Gasteiger partial charge in [-0.15, -0.1) is 0 Å². The maximum absolute atomic E-state index is 12.2. The van der Waals surface area contributed by atoms with Gasteiger partial charge in [-0.2, -0.15) is 5.10 Å². The van der Waals surface area contributed by atoms with Crippen molar-refractivity contribution in [3.05, 3.63) is 48.3 Å². The minimum Gasteiger partial charge on any atom is -0.353 e. The summed E-state index contributed by atoms with van der Waals surface area (Å²) in [7, 11) is 0. The summed E-state index contributed by atoms with van der Waals surface area (Å²) in [5, 5.41) is 7.49. The molecule has 1 heterocycles. The molecular weight excluding hydrogens is 274 g/mol. The van der Waals surface area contributed by atoms with E-state index in [4.69, 9.17) is 0 Å². The molecule has 1 saturated carbocycles. The lowest BCUT2D eigenvalue weighted by molar-refractivity contribution is -0.121. The van der Waals surface area contributed by atoms with Gasteiger partial charge in [0.1, 0.15) is 0 Å². The molecule has 1 fully saturated rings. The Hall–Kier alpha value is -2.10. The molecule has 4 heteroatoms. The summed E-state index contributed by atoms with van der Waals surface area (Å²) in [5.74, 6) is 0.907. The third-order valence-electron chi connectivity index (χ3n) is 4.40. The zero-order valence-corrected chi connectivity index (χ0v) is 13.0. The summed E-state index contributed by atoms with van der Waals surface area (Å²) in [4.78, 5) is 12.2. The van der Waals surface area contributed by atoms with Crippen LogP contribution < -0.4 is 5.32 Å². The minimum atomic E-state index is 0.104. The zero-order chi connectivity index (χ0) is 15.4. The Morgan fingerprint density at radius 2 is 1.95 bits per heavy atom. The fourth-order valence-electron chi connectivity index (χ4n) is 3.04. The predicted octanol–water partition coefficient (Wildman–Crippen LogP) is 3.11. The molecule has 4 nitrogen and oxygen atoms in total. The summed E-state index contributed by atoms with van der Waals surface area (Å²) < 4.78 is 1.81. The summed E-state index contributed by atoms with van der Waals surface area (Å²) in [6, 6.07) is 10.3. The van der Waals surface area contributed by atoms with Crippen molar-refractivity contribution < 1.29 is 4.79 Å². The van der Waals surface area contributed by atoms with E-state index in [-0.39, 0.29) is 5.91 Å². The molecule has 1 aromatic heterocycles. The van der Waals surface area contributed by atoms with Crippen LogP contribution in [0.5, 0.6) is 0 Å². The van der Waals surface area contributed by atoms with Crippen LogP contribution in [-0.4, -0.2) is 21.7 Å². The van der Waals surface area contributed by atoms with Gasteiger partial charge in [0.2, 0.25) is 5.91 Å². The van der Waals surface area contributed by atoms with E-state index in [1.165, 1.54) is 12.8 Å². The van der Waals surface area contributed by atoms with E-state index in [9.17, 15) is 4.79 Å². The van der Waals surface area contributed by atoms with Gasteiger partial charge in [0.15, 0.2) is 0 Å². The second-order valence-electron chi connectivity index (χ2n) is 6.33. The van der Waals surface area contributed by atoms with Gasteiger partial charge in [0, 0.05) is 12.2 Å². The van der Waals surface area contributed by atoms with Crippen LogP contribution in [0.1, 0.15) is 38.2 Å². The van der Waals surface area contributed by atoms with Gasteiger partial charge < -0.3 is 5.32 Å². The molecule has 2 aromatic rings. The first-order chi connectivity index (χ1) is 10.7. The van der Waals surface area contributed by atoms with Crippen LogP contribution in [-0.2, 0) is 11.2 Å². The molecule has 0 saturated heterocycles. The van der Waals surface area contributed by atoms with Gasteiger partial charge in [-0.1, -0.05) is 25.1 Å². The van der Waals surface area contributed by atoms with Crippen molar-refractivity contribution in [1.29, 1.82) is 0 Å². The first-order valence-electron chi connectivity index (χ1n) is 8.09. The van der Waals surface area contributed by atoms with E-state index in [2.05, 4.69) is 17.3 Å². The van der Waals surface area contributed by atoms with E-state index < -0.39 is 0 Å². The Kier molecular flexibility index (Phi) is 4.56. The van der Waals surface area contributed by atoms with Gasteiger partial charge in [-0.25, -0.2) is 4.68 Å². The molecule has 0 spiro atoms. The standard InChI is InChI=1S/C18H23N3O/c1-14-7-9-16(10-8-14)20-18(22)11-15-12-19-21(13-15)17-5-3-2-4-6-17/h2-6,12-14,16H,7-11H2,1H3,(H,20,22). The van der Waals surface area contributed by atoms with Crippen molar-refractivity contribution in [2.24, 2.45) is 5.92 Å². The molecule has 0 bridgehead atoms. The first-order valence-corrected chi connectivity index (χ1v) is 8.09. The number of carbonyl (C=O) groups is 1. The highest BCUT2D eigenvalue weighted by atomic mass is 16.1. The van der Waals surface area contributed by atoms with E-state index in [1.54, 1.807) is 6.20 Å². The molecule has 0 aliphatic heterocycles. The molecule has 1 aromatic carbocycles. The SMILES string of the molecule is CC1CCC(NC(=O)Cc2cnn(-c3ccccc3)c2)CC1. The van der Waals surface area contributed by atoms with Crippen LogP contribution >= 0.6 is 0 Å². The van der Waals surface area contributed by atoms with Gasteiger partial charge in [-0.05, 0) is 49.3 Å². The number of nitrogens with one attached hydrogen (secondary N) is 1. The highest BCUT2D eigenvalue weighted by molar-refractivity contribution is 5.78. The fourth-order valence-corrected chi connectivity index (χ4v) is 3.04. The molecule has 0 atom stereocenters. The number of para-hydroxylation sites is 1. The average molecular weight is 297 g/mol. The number of benzene rings is 1. The van der Waals surface area contributed by atoms with Crippen molar-refractivity contribution in [3.63, 3.8) is 0 Å². The highest BCUT2D eigenvalue weighted by Crippen LogP contribution is 2.23. The van der Waals surface area contributed by atoms with Crippen LogP contribution in [0.25, 0.3) is 5.69 Å². The number of amides is 1. The topological polar surface area (TPSA) is 46.9 Å². The average Bonchev–Trinajstić information content (AvgIpc) is 2.99. The van der Waals surface area contributed by atoms with E-state index >= 15 is 0 Å². The van der Waals surface area contributed by atoms with Crippen molar-refractivity contribution >= 4 is 5.91 Å². The number of nitrogens with zero attached hydrogens (tertiary/aromatic N) is 2. The molecule has 1 N–H and O–H groups in total. The van der Waals surface area contributed by atoms with Crippen LogP contribution in [0.2, 0.25) is 0 Å². The van der Waals surface area contributed by atoms with Crippen molar-refractivity contribution in [2.45, 2.75) is 45.1 Å². The maximum atomic E-state index is 12.2. The molecule has 116 valence electrons. The molecule has 1 aliphatic rings. The van der Waals surface area contributed by atoms with Crippen LogP contribution in [0, 0.1) is 5.92 Å². The van der Waals surface area contributed by atoms with E-state index in [0.717, 1.165) is 30.0 Å². The molecule has 22 heavy (non-hydrogen) atoms. The Balaban J connectivity index is 1.55. The minimum absolute atomic E-state index is 0.104. The van der Waals surface area contributed by atoms with Crippen molar-refractivity contribution in [2.75, 3.05) is 0 Å². The smallest absolute Gasteiger partial charge is 0.224 e. The second-order valence-corrected chi connectivity index (χ2v) is 6.33. The number of hydrogen-bond donors (Lipinski definition) is 1.